The number of sulfone groups is 1. The van der Waals surface area contributed by atoms with Gasteiger partial charge < -0.3 is 5.32 Å². The molecule has 150 valence electrons. The van der Waals surface area contributed by atoms with Crippen LogP contribution in [0.3, 0.4) is 0 Å². The van der Waals surface area contributed by atoms with E-state index in [9.17, 15) is 31.7 Å². The number of non-ortho nitro benzene ring substituents is 1. The molecule has 0 bridgehead atoms. The Labute approximate surface area is 159 Å². The van der Waals surface area contributed by atoms with Crippen molar-refractivity contribution in [3.63, 3.8) is 0 Å². The Kier molecular flexibility index (Phi) is 4.86. The summed E-state index contributed by atoms with van der Waals surface area (Å²) < 4.78 is 62.9. The lowest BCUT2D eigenvalue weighted by atomic mass is 9.94. The Morgan fingerprint density at radius 1 is 1.18 bits per heavy atom. The van der Waals surface area contributed by atoms with Gasteiger partial charge in [-0.2, -0.15) is 13.2 Å². The van der Waals surface area contributed by atoms with E-state index in [1.807, 2.05) is 0 Å². The van der Waals surface area contributed by atoms with Crippen LogP contribution in [0.25, 0.3) is 0 Å². The number of nitrogens with zero attached hydrogens (tertiary/aromatic N) is 1. The van der Waals surface area contributed by atoms with E-state index < -0.39 is 31.9 Å². The lowest BCUT2D eigenvalue weighted by Gasteiger charge is -2.20. The molecule has 10 heteroatoms. The number of nitro groups is 1. The number of hydrogen-bond acceptors (Lipinski definition) is 5. The van der Waals surface area contributed by atoms with Crippen LogP contribution in [0.2, 0.25) is 0 Å². The topological polar surface area (TPSA) is 89.3 Å². The summed E-state index contributed by atoms with van der Waals surface area (Å²) in [6.07, 6.45) is -2.19. The first-order valence-corrected chi connectivity index (χ1v) is 10.2. The molecular formula is C18H17F3N2O4S. The second kappa shape index (κ2) is 6.77. The minimum Gasteiger partial charge on any atom is -0.383 e. The molecule has 1 saturated carbocycles. The van der Waals surface area contributed by atoms with E-state index in [-0.39, 0.29) is 22.8 Å². The van der Waals surface area contributed by atoms with Crippen molar-refractivity contribution in [2.75, 3.05) is 18.1 Å². The zero-order valence-electron chi connectivity index (χ0n) is 14.8. The van der Waals surface area contributed by atoms with Crippen LogP contribution in [0.4, 0.5) is 24.5 Å². The van der Waals surface area contributed by atoms with Gasteiger partial charge in [0.25, 0.3) is 5.69 Å². The smallest absolute Gasteiger partial charge is 0.383 e. The molecule has 0 saturated heterocycles. The summed E-state index contributed by atoms with van der Waals surface area (Å²) in [5.41, 5.74) is -0.907. The van der Waals surface area contributed by atoms with Crippen LogP contribution >= 0.6 is 0 Å². The molecule has 0 spiro atoms. The lowest BCUT2D eigenvalue weighted by molar-refractivity contribution is -0.385. The summed E-state index contributed by atoms with van der Waals surface area (Å²) in [5, 5.41) is 13.9. The van der Waals surface area contributed by atoms with Gasteiger partial charge in [0.2, 0.25) is 0 Å². The predicted molar refractivity (Wildman–Crippen MR) is 97.1 cm³/mol. The van der Waals surface area contributed by atoms with E-state index in [2.05, 4.69) is 5.32 Å². The molecule has 0 radical (unpaired) electrons. The average molecular weight is 414 g/mol. The summed E-state index contributed by atoms with van der Waals surface area (Å²) in [6, 6.07) is 8.55. The van der Waals surface area contributed by atoms with Crippen LogP contribution in [0, 0.1) is 10.1 Å². The first-order valence-electron chi connectivity index (χ1n) is 8.33. The molecule has 2 aromatic carbocycles. The van der Waals surface area contributed by atoms with Crippen LogP contribution in [-0.4, -0.2) is 26.1 Å². The highest BCUT2D eigenvalue weighted by Gasteiger charge is 2.45. The minimum absolute atomic E-state index is 0.186. The third kappa shape index (κ3) is 4.11. The van der Waals surface area contributed by atoms with Gasteiger partial charge in [0, 0.05) is 30.3 Å². The standard InChI is InChI=1S/C18H17F3N2O4S/c1-28(26,27)16-10-14(23(24)25)5-6-15(16)22-11-17(7-8-17)12-3-2-4-13(9-12)18(19,20)21/h2-6,9-10,22H,7-8,11H2,1H3. The second-order valence-electron chi connectivity index (χ2n) is 6.92. The summed E-state index contributed by atoms with van der Waals surface area (Å²) in [7, 11) is -3.74. The molecule has 0 atom stereocenters. The van der Waals surface area contributed by atoms with Crippen molar-refractivity contribution in [3.8, 4) is 0 Å². The van der Waals surface area contributed by atoms with Crippen molar-refractivity contribution in [2.24, 2.45) is 0 Å². The monoisotopic (exact) mass is 414 g/mol. The summed E-state index contributed by atoms with van der Waals surface area (Å²) >= 11 is 0. The van der Waals surface area contributed by atoms with E-state index in [1.165, 1.54) is 18.2 Å². The Morgan fingerprint density at radius 3 is 2.39 bits per heavy atom. The number of anilines is 1. The van der Waals surface area contributed by atoms with Crippen LogP contribution in [0.5, 0.6) is 0 Å². The van der Waals surface area contributed by atoms with E-state index >= 15 is 0 Å². The third-order valence-electron chi connectivity index (χ3n) is 4.85. The predicted octanol–water partition coefficient (Wildman–Crippen LogP) is 4.16. The van der Waals surface area contributed by atoms with Gasteiger partial charge in [-0.15, -0.1) is 0 Å². The summed E-state index contributed by atoms with van der Waals surface area (Å²) in [4.78, 5) is 10.0. The number of nitrogens with one attached hydrogen (secondary N) is 1. The number of hydrogen-bond donors (Lipinski definition) is 1. The van der Waals surface area contributed by atoms with Gasteiger partial charge in [-0.1, -0.05) is 18.2 Å². The molecule has 0 unspecified atom stereocenters. The van der Waals surface area contributed by atoms with Gasteiger partial charge in [-0.25, -0.2) is 8.42 Å². The fourth-order valence-electron chi connectivity index (χ4n) is 3.09. The van der Waals surface area contributed by atoms with Crippen LogP contribution in [0.15, 0.2) is 47.4 Å². The van der Waals surface area contributed by atoms with Crippen molar-refractivity contribution < 1.29 is 26.5 Å². The van der Waals surface area contributed by atoms with Gasteiger partial charge in [0.15, 0.2) is 9.84 Å². The van der Waals surface area contributed by atoms with E-state index in [1.54, 1.807) is 6.07 Å². The Bertz CT molecular complexity index is 1030. The van der Waals surface area contributed by atoms with Gasteiger partial charge in [-0.3, -0.25) is 10.1 Å². The van der Waals surface area contributed by atoms with Gasteiger partial charge in [0.05, 0.1) is 21.1 Å². The fourth-order valence-corrected chi connectivity index (χ4v) is 3.96. The quantitative estimate of drug-likeness (QED) is 0.566. The number of halogens is 3. The lowest BCUT2D eigenvalue weighted by Crippen LogP contribution is -2.21. The Hall–Kier alpha value is -2.62. The maximum atomic E-state index is 13.0. The molecule has 0 aliphatic heterocycles. The van der Waals surface area contributed by atoms with Gasteiger partial charge in [0.1, 0.15) is 0 Å². The van der Waals surface area contributed by atoms with Crippen molar-refractivity contribution in [2.45, 2.75) is 29.3 Å². The number of alkyl halides is 3. The van der Waals surface area contributed by atoms with Gasteiger partial charge in [-0.05, 0) is 30.5 Å². The average Bonchev–Trinajstić information content (AvgIpc) is 3.39. The zero-order chi connectivity index (χ0) is 20.7. The highest BCUT2D eigenvalue weighted by atomic mass is 32.2. The molecule has 6 nitrogen and oxygen atoms in total. The molecule has 28 heavy (non-hydrogen) atoms. The summed E-state index contributed by atoms with van der Waals surface area (Å²) in [6.45, 7) is 0.217. The normalized spacial score (nSPS) is 15.9. The number of nitro benzene ring substituents is 1. The molecule has 1 aliphatic carbocycles. The zero-order valence-corrected chi connectivity index (χ0v) is 15.6. The van der Waals surface area contributed by atoms with E-state index in [4.69, 9.17) is 0 Å². The highest BCUT2D eigenvalue weighted by Crippen LogP contribution is 2.49. The first kappa shape index (κ1) is 20.1. The molecule has 0 heterocycles. The largest absolute Gasteiger partial charge is 0.416 e. The number of rotatable bonds is 6. The fraction of sp³-hybridized carbons (Fsp3) is 0.333. The molecule has 1 N–H and O–H groups in total. The van der Waals surface area contributed by atoms with Crippen LogP contribution < -0.4 is 5.32 Å². The van der Waals surface area contributed by atoms with E-state index in [0.717, 1.165) is 24.5 Å². The third-order valence-corrected chi connectivity index (χ3v) is 5.99. The van der Waals surface area contributed by atoms with Crippen molar-refractivity contribution in [3.05, 3.63) is 63.7 Å². The van der Waals surface area contributed by atoms with Crippen molar-refractivity contribution >= 4 is 21.2 Å². The molecular weight excluding hydrogens is 397 g/mol. The van der Waals surface area contributed by atoms with Gasteiger partial charge >= 0.3 is 6.18 Å². The molecule has 0 aromatic heterocycles. The van der Waals surface area contributed by atoms with Crippen LogP contribution in [-0.2, 0) is 21.4 Å². The molecule has 1 aliphatic rings. The van der Waals surface area contributed by atoms with Crippen molar-refractivity contribution in [1.29, 1.82) is 0 Å². The second-order valence-corrected chi connectivity index (χ2v) is 8.91. The molecule has 0 amide bonds. The van der Waals surface area contributed by atoms with Crippen molar-refractivity contribution in [1.82, 2.24) is 0 Å². The Morgan fingerprint density at radius 2 is 1.86 bits per heavy atom. The SMILES string of the molecule is CS(=O)(=O)c1cc([N+](=O)[O-])ccc1NCC1(c2cccc(C(F)(F)F)c2)CC1. The maximum absolute atomic E-state index is 13.0. The van der Waals surface area contributed by atoms with Crippen LogP contribution in [0.1, 0.15) is 24.0 Å². The van der Waals surface area contributed by atoms with E-state index in [0.29, 0.717) is 18.4 Å². The summed E-state index contributed by atoms with van der Waals surface area (Å²) in [5.74, 6) is 0. The molecule has 1 fully saturated rings. The molecule has 3 rings (SSSR count). The Balaban J connectivity index is 1.88. The minimum atomic E-state index is -4.44. The first-order chi connectivity index (χ1) is 12.9. The highest BCUT2D eigenvalue weighted by molar-refractivity contribution is 7.90. The molecule has 2 aromatic rings. The number of benzene rings is 2. The maximum Gasteiger partial charge on any atom is 0.416 e.